The van der Waals surface area contributed by atoms with E-state index in [-0.39, 0.29) is 11.4 Å². The highest BCUT2D eigenvalue weighted by Crippen LogP contribution is 2.23. The Kier molecular flexibility index (Phi) is 1.98. The van der Waals surface area contributed by atoms with Crippen LogP contribution in [-0.4, -0.2) is 9.97 Å². The smallest absolute Gasteiger partial charge is 0.256 e. The fraction of sp³-hybridized carbons (Fsp3) is 0.0769. The van der Waals surface area contributed by atoms with E-state index in [2.05, 4.69) is 9.97 Å². The van der Waals surface area contributed by atoms with E-state index in [1.165, 1.54) is 12.1 Å². The second kappa shape index (κ2) is 3.38. The van der Waals surface area contributed by atoms with E-state index >= 15 is 0 Å². The first kappa shape index (κ1) is 9.96. The number of hydrogen-bond acceptors (Lipinski definition) is 2. The molecule has 0 amide bonds. The first-order valence-corrected chi connectivity index (χ1v) is 5.24. The zero-order valence-electron chi connectivity index (χ0n) is 9.12. The maximum absolute atomic E-state index is 13.3. The molecule has 3 rings (SSSR count). The molecular formula is C13H9FN2O. The number of H-pyrrole nitrogens is 1. The number of fused-ring (bicyclic) bond motifs is 3. The zero-order chi connectivity index (χ0) is 12.0. The fourth-order valence-corrected chi connectivity index (χ4v) is 2.09. The predicted molar refractivity (Wildman–Crippen MR) is 64.6 cm³/mol. The van der Waals surface area contributed by atoms with Crippen LogP contribution in [-0.2, 0) is 0 Å². The average molecular weight is 228 g/mol. The van der Waals surface area contributed by atoms with Gasteiger partial charge in [0.15, 0.2) is 0 Å². The Bertz CT molecular complexity index is 792. The minimum Gasteiger partial charge on any atom is -0.329 e. The molecule has 1 aromatic carbocycles. The molecular weight excluding hydrogens is 219 g/mol. The molecule has 0 fully saturated rings. The largest absolute Gasteiger partial charge is 0.329 e. The van der Waals surface area contributed by atoms with E-state index in [0.717, 1.165) is 11.1 Å². The van der Waals surface area contributed by atoms with Crippen molar-refractivity contribution in [2.75, 3.05) is 0 Å². The summed E-state index contributed by atoms with van der Waals surface area (Å²) in [6, 6.07) is 6.06. The number of halogens is 1. The highest BCUT2D eigenvalue weighted by molar-refractivity contribution is 6.05. The maximum Gasteiger partial charge on any atom is 0.256 e. The monoisotopic (exact) mass is 228 g/mol. The Morgan fingerprint density at radius 1 is 1.24 bits per heavy atom. The first-order valence-electron chi connectivity index (χ1n) is 5.24. The second-order valence-electron chi connectivity index (χ2n) is 3.95. The number of aromatic nitrogens is 2. The summed E-state index contributed by atoms with van der Waals surface area (Å²) in [5.41, 5.74) is 1.18. The third-order valence-electron chi connectivity index (χ3n) is 2.87. The van der Waals surface area contributed by atoms with Crippen molar-refractivity contribution in [2.24, 2.45) is 0 Å². The molecule has 0 spiro atoms. The molecule has 1 N–H and O–H groups in total. The van der Waals surface area contributed by atoms with Crippen molar-refractivity contribution < 1.29 is 4.39 Å². The van der Waals surface area contributed by atoms with Crippen molar-refractivity contribution in [3.8, 4) is 0 Å². The molecule has 4 heteroatoms. The topological polar surface area (TPSA) is 45.8 Å². The van der Waals surface area contributed by atoms with Gasteiger partial charge in [0.1, 0.15) is 5.82 Å². The van der Waals surface area contributed by atoms with Gasteiger partial charge in [-0.05, 0) is 31.2 Å². The molecule has 84 valence electrons. The van der Waals surface area contributed by atoms with Crippen LogP contribution in [0.1, 0.15) is 5.69 Å². The summed E-state index contributed by atoms with van der Waals surface area (Å²) in [6.07, 6.45) is 1.57. The van der Waals surface area contributed by atoms with Gasteiger partial charge in [0.25, 0.3) is 5.56 Å². The summed E-state index contributed by atoms with van der Waals surface area (Å²) in [5, 5.41) is 1.80. The maximum atomic E-state index is 13.3. The average Bonchev–Trinajstić information content (AvgIpc) is 2.30. The van der Waals surface area contributed by atoms with Crippen molar-refractivity contribution in [2.45, 2.75) is 6.92 Å². The van der Waals surface area contributed by atoms with Crippen LogP contribution in [0.4, 0.5) is 4.39 Å². The number of nitrogens with one attached hydrogen (secondary N) is 1. The number of pyridine rings is 2. The van der Waals surface area contributed by atoms with Gasteiger partial charge in [-0.1, -0.05) is 0 Å². The number of hydrogen-bond donors (Lipinski definition) is 1. The van der Waals surface area contributed by atoms with E-state index < -0.39 is 0 Å². The molecule has 2 aromatic heterocycles. The Morgan fingerprint density at radius 2 is 2.06 bits per heavy atom. The molecule has 0 aliphatic rings. The van der Waals surface area contributed by atoms with Gasteiger partial charge in [0, 0.05) is 22.7 Å². The molecule has 0 aliphatic carbocycles. The summed E-state index contributed by atoms with van der Waals surface area (Å²) < 4.78 is 13.3. The summed E-state index contributed by atoms with van der Waals surface area (Å²) in [4.78, 5) is 18.8. The Hall–Kier alpha value is -2.23. The molecule has 0 saturated heterocycles. The SMILES string of the molecule is Cc1nc2ccc(F)cc2c2c(=O)[nH]ccc12. The molecule has 0 atom stereocenters. The number of rotatable bonds is 0. The van der Waals surface area contributed by atoms with E-state index in [1.54, 1.807) is 18.3 Å². The molecule has 0 saturated carbocycles. The van der Waals surface area contributed by atoms with E-state index in [4.69, 9.17) is 0 Å². The van der Waals surface area contributed by atoms with E-state index in [1.807, 2.05) is 6.92 Å². The number of aromatic amines is 1. The number of aryl methyl sites for hydroxylation is 1. The lowest BCUT2D eigenvalue weighted by molar-refractivity contribution is 0.629. The second-order valence-corrected chi connectivity index (χ2v) is 3.95. The molecule has 2 heterocycles. The molecule has 0 bridgehead atoms. The van der Waals surface area contributed by atoms with Crippen LogP contribution in [0.3, 0.4) is 0 Å². The van der Waals surface area contributed by atoms with Crippen molar-refractivity contribution >= 4 is 21.7 Å². The van der Waals surface area contributed by atoms with Gasteiger partial charge in [-0.3, -0.25) is 9.78 Å². The predicted octanol–water partition coefficient (Wildman–Crippen LogP) is 2.52. The van der Waals surface area contributed by atoms with Crippen molar-refractivity contribution in [3.05, 3.63) is 52.3 Å². The molecule has 0 unspecified atom stereocenters. The van der Waals surface area contributed by atoms with Crippen molar-refractivity contribution in [3.63, 3.8) is 0 Å². The van der Waals surface area contributed by atoms with Crippen LogP contribution in [0.25, 0.3) is 21.7 Å². The summed E-state index contributed by atoms with van der Waals surface area (Å²) in [5.74, 6) is -0.368. The third kappa shape index (κ3) is 1.41. The van der Waals surface area contributed by atoms with E-state index in [0.29, 0.717) is 16.3 Å². The minimum absolute atomic E-state index is 0.219. The van der Waals surface area contributed by atoms with Crippen LogP contribution in [0.15, 0.2) is 35.3 Å². The van der Waals surface area contributed by atoms with Gasteiger partial charge < -0.3 is 4.98 Å². The first-order chi connectivity index (χ1) is 8.16. The lowest BCUT2D eigenvalue weighted by Crippen LogP contribution is -2.06. The van der Waals surface area contributed by atoms with Gasteiger partial charge in [-0.25, -0.2) is 4.39 Å². The Balaban J connectivity index is 2.70. The van der Waals surface area contributed by atoms with Gasteiger partial charge >= 0.3 is 0 Å². The third-order valence-corrected chi connectivity index (χ3v) is 2.87. The van der Waals surface area contributed by atoms with Crippen LogP contribution in [0.2, 0.25) is 0 Å². The summed E-state index contributed by atoms with van der Waals surface area (Å²) in [6.45, 7) is 1.84. The molecule has 3 nitrogen and oxygen atoms in total. The number of benzene rings is 1. The van der Waals surface area contributed by atoms with Crippen LogP contribution in [0.5, 0.6) is 0 Å². The molecule has 3 aromatic rings. The lowest BCUT2D eigenvalue weighted by atomic mass is 10.1. The van der Waals surface area contributed by atoms with E-state index in [9.17, 15) is 9.18 Å². The van der Waals surface area contributed by atoms with Gasteiger partial charge in [-0.15, -0.1) is 0 Å². The van der Waals surface area contributed by atoms with Crippen molar-refractivity contribution in [1.29, 1.82) is 0 Å². The molecule has 17 heavy (non-hydrogen) atoms. The standard InChI is InChI=1S/C13H9FN2O/c1-7-9-4-5-15-13(17)12(9)10-6-8(14)2-3-11(10)16-7/h2-6H,1H3,(H,15,17). The number of nitrogens with zero attached hydrogens (tertiary/aromatic N) is 1. The van der Waals surface area contributed by atoms with Crippen LogP contribution >= 0.6 is 0 Å². The Labute approximate surface area is 95.9 Å². The Morgan fingerprint density at radius 3 is 2.88 bits per heavy atom. The quantitative estimate of drug-likeness (QED) is 0.601. The van der Waals surface area contributed by atoms with Gasteiger partial charge in [0.05, 0.1) is 10.9 Å². The highest BCUT2D eigenvalue weighted by Gasteiger charge is 2.09. The summed E-state index contributed by atoms with van der Waals surface area (Å²) >= 11 is 0. The van der Waals surface area contributed by atoms with Gasteiger partial charge in [0.2, 0.25) is 0 Å². The van der Waals surface area contributed by atoms with Crippen LogP contribution in [0, 0.1) is 12.7 Å². The van der Waals surface area contributed by atoms with Gasteiger partial charge in [-0.2, -0.15) is 0 Å². The zero-order valence-corrected chi connectivity index (χ0v) is 9.12. The fourth-order valence-electron chi connectivity index (χ4n) is 2.09. The normalized spacial score (nSPS) is 11.2. The molecule has 0 aliphatic heterocycles. The van der Waals surface area contributed by atoms with Crippen molar-refractivity contribution in [1.82, 2.24) is 9.97 Å². The van der Waals surface area contributed by atoms with Crippen LogP contribution < -0.4 is 5.56 Å². The highest BCUT2D eigenvalue weighted by atomic mass is 19.1. The summed E-state index contributed by atoms with van der Waals surface area (Å²) in [7, 11) is 0. The lowest BCUT2D eigenvalue weighted by Gasteiger charge is -2.05. The molecule has 0 radical (unpaired) electrons. The minimum atomic E-state index is -0.368.